The number of oxime groups is 1. The third-order valence-corrected chi connectivity index (χ3v) is 3.52. The van der Waals surface area contributed by atoms with Crippen LogP contribution in [-0.2, 0) is 0 Å². The number of nitrogens with zero attached hydrogens (tertiary/aromatic N) is 3. The Balaban J connectivity index is 2.27. The molecule has 0 aromatic carbocycles. The van der Waals surface area contributed by atoms with Crippen molar-refractivity contribution < 1.29 is 5.21 Å². The maximum atomic E-state index is 8.69. The van der Waals surface area contributed by atoms with Crippen LogP contribution in [0.4, 0.5) is 5.82 Å². The van der Waals surface area contributed by atoms with Gasteiger partial charge in [-0.2, -0.15) is 0 Å². The molecule has 0 spiro atoms. The molecule has 1 fully saturated rings. The fraction of sp³-hybridized carbons (Fsp3) is 0.538. The molecule has 0 amide bonds. The van der Waals surface area contributed by atoms with Gasteiger partial charge in [-0.25, -0.2) is 4.98 Å². The van der Waals surface area contributed by atoms with Crippen molar-refractivity contribution in [1.29, 1.82) is 0 Å². The predicted molar refractivity (Wildman–Crippen MR) is 72.0 cm³/mol. The standard InChI is InChI=1S/C13H20N4O/c1-9-6-7-10(2)17(8-9)12-5-3-4-11(15-12)13(14)16-18/h3-5,9-10,18H,6-8H2,1-2H3,(H2,14,16). The predicted octanol–water partition coefficient (Wildman–Crippen LogP) is 1.80. The fourth-order valence-electron chi connectivity index (χ4n) is 2.39. The average molecular weight is 248 g/mol. The topological polar surface area (TPSA) is 74.7 Å². The number of nitrogens with two attached hydrogens (primary N) is 1. The molecule has 98 valence electrons. The largest absolute Gasteiger partial charge is 0.409 e. The van der Waals surface area contributed by atoms with E-state index in [-0.39, 0.29) is 5.84 Å². The lowest BCUT2D eigenvalue weighted by molar-refractivity contribution is 0.318. The molecule has 3 N–H and O–H groups in total. The van der Waals surface area contributed by atoms with Crippen LogP contribution in [0.1, 0.15) is 32.4 Å². The number of rotatable bonds is 2. The Kier molecular flexibility index (Phi) is 3.69. The van der Waals surface area contributed by atoms with Crippen molar-refractivity contribution in [3.05, 3.63) is 23.9 Å². The molecule has 1 aromatic rings. The summed E-state index contributed by atoms with van der Waals surface area (Å²) in [5, 5.41) is 11.7. The first kappa shape index (κ1) is 12.7. The van der Waals surface area contributed by atoms with E-state index in [1.807, 2.05) is 12.1 Å². The number of pyridine rings is 1. The minimum atomic E-state index is 0.0505. The molecule has 2 atom stereocenters. The quantitative estimate of drug-likeness (QED) is 0.362. The van der Waals surface area contributed by atoms with Gasteiger partial charge in [-0.1, -0.05) is 18.1 Å². The summed E-state index contributed by atoms with van der Waals surface area (Å²) in [5.41, 5.74) is 6.09. The van der Waals surface area contributed by atoms with Gasteiger partial charge in [-0.3, -0.25) is 0 Å². The fourth-order valence-corrected chi connectivity index (χ4v) is 2.39. The summed E-state index contributed by atoms with van der Waals surface area (Å²) in [6.45, 7) is 5.48. The van der Waals surface area contributed by atoms with Crippen molar-refractivity contribution in [2.75, 3.05) is 11.4 Å². The molecular formula is C13H20N4O. The summed E-state index contributed by atoms with van der Waals surface area (Å²) in [6, 6.07) is 6.09. The maximum Gasteiger partial charge on any atom is 0.188 e. The van der Waals surface area contributed by atoms with Crippen molar-refractivity contribution in [3.8, 4) is 0 Å². The highest BCUT2D eigenvalue weighted by Gasteiger charge is 2.24. The van der Waals surface area contributed by atoms with Gasteiger partial charge >= 0.3 is 0 Å². The van der Waals surface area contributed by atoms with Gasteiger partial charge in [0, 0.05) is 12.6 Å². The Hall–Kier alpha value is -1.78. The van der Waals surface area contributed by atoms with E-state index in [4.69, 9.17) is 10.9 Å². The van der Waals surface area contributed by atoms with E-state index in [9.17, 15) is 0 Å². The highest BCUT2D eigenvalue weighted by Crippen LogP contribution is 2.26. The van der Waals surface area contributed by atoms with Crippen LogP contribution in [0, 0.1) is 5.92 Å². The van der Waals surface area contributed by atoms with Crippen molar-refractivity contribution in [2.45, 2.75) is 32.7 Å². The number of hydrogen-bond acceptors (Lipinski definition) is 4. The first-order valence-electron chi connectivity index (χ1n) is 6.33. The van der Waals surface area contributed by atoms with Crippen molar-refractivity contribution >= 4 is 11.7 Å². The van der Waals surface area contributed by atoms with Crippen LogP contribution in [0.5, 0.6) is 0 Å². The van der Waals surface area contributed by atoms with Gasteiger partial charge in [0.2, 0.25) is 0 Å². The number of aromatic nitrogens is 1. The molecule has 0 bridgehead atoms. The van der Waals surface area contributed by atoms with Crippen LogP contribution in [0.2, 0.25) is 0 Å². The molecule has 0 aliphatic carbocycles. The Morgan fingerprint density at radius 3 is 2.94 bits per heavy atom. The highest BCUT2D eigenvalue weighted by atomic mass is 16.4. The van der Waals surface area contributed by atoms with E-state index in [2.05, 4.69) is 28.9 Å². The Bertz CT molecular complexity index is 446. The minimum absolute atomic E-state index is 0.0505. The molecule has 0 saturated carbocycles. The normalized spacial score (nSPS) is 25.2. The van der Waals surface area contributed by atoms with E-state index in [0.29, 0.717) is 17.7 Å². The number of piperidine rings is 1. The van der Waals surface area contributed by atoms with E-state index < -0.39 is 0 Å². The second-order valence-electron chi connectivity index (χ2n) is 5.05. The first-order chi connectivity index (χ1) is 8.61. The zero-order valence-corrected chi connectivity index (χ0v) is 10.9. The third-order valence-electron chi connectivity index (χ3n) is 3.52. The van der Waals surface area contributed by atoms with Gasteiger partial charge < -0.3 is 15.8 Å². The lowest BCUT2D eigenvalue weighted by Gasteiger charge is -2.37. The molecule has 1 aliphatic heterocycles. The third kappa shape index (κ3) is 2.55. The molecule has 1 aromatic heterocycles. The van der Waals surface area contributed by atoms with Gasteiger partial charge in [-0.15, -0.1) is 0 Å². The van der Waals surface area contributed by atoms with E-state index in [0.717, 1.165) is 12.4 Å². The molecule has 18 heavy (non-hydrogen) atoms. The highest BCUT2D eigenvalue weighted by molar-refractivity contribution is 5.95. The zero-order valence-electron chi connectivity index (χ0n) is 10.9. The molecule has 5 nitrogen and oxygen atoms in total. The van der Waals surface area contributed by atoms with Gasteiger partial charge in [0.25, 0.3) is 0 Å². The van der Waals surface area contributed by atoms with Crippen molar-refractivity contribution in [1.82, 2.24) is 4.98 Å². The lowest BCUT2D eigenvalue weighted by atomic mass is 9.95. The smallest absolute Gasteiger partial charge is 0.188 e. The van der Waals surface area contributed by atoms with Gasteiger partial charge in [0.05, 0.1) is 0 Å². The van der Waals surface area contributed by atoms with Crippen molar-refractivity contribution in [3.63, 3.8) is 0 Å². The van der Waals surface area contributed by atoms with Crippen molar-refractivity contribution in [2.24, 2.45) is 16.8 Å². The summed E-state index contributed by atoms with van der Waals surface area (Å²) < 4.78 is 0. The molecule has 1 aliphatic rings. The maximum absolute atomic E-state index is 8.69. The molecular weight excluding hydrogens is 228 g/mol. The minimum Gasteiger partial charge on any atom is -0.409 e. The molecule has 2 rings (SSSR count). The zero-order chi connectivity index (χ0) is 13.1. The van der Waals surface area contributed by atoms with E-state index in [1.165, 1.54) is 12.8 Å². The summed E-state index contributed by atoms with van der Waals surface area (Å²) in [5.74, 6) is 1.63. The van der Waals surface area contributed by atoms with E-state index in [1.54, 1.807) is 6.07 Å². The van der Waals surface area contributed by atoms with Gasteiger partial charge in [0.1, 0.15) is 11.5 Å². The summed E-state index contributed by atoms with van der Waals surface area (Å²) >= 11 is 0. The van der Waals surface area contributed by atoms with Gasteiger partial charge in [-0.05, 0) is 37.8 Å². The van der Waals surface area contributed by atoms with Crippen LogP contribution in [-0.4, -0.2) is 28.6 Å². The Morgan fingerprint density at radius 2 is 2.22 bits per heavy atom. The summed E-state index contributed by atoms with van der Waals surface area (Å²) in [7, 11) is 0. The Labute approximate surface area is 107 Å². The first-order valence-corrected chi connectivity index (χ1v) is 6.33. The second kappa shape index (κ2) is 5.25. The monoisotopic (exact) mass is 248 g/mol. The number of amidine groups is 1. The van der Waals surface area contributed by atoms with Crippen LogP contribution >= 0.6 is 0 Å². The molecule has 0 radical (unpaired) electrons. The molecule has 2 heterocycles. The molecule has 2 unspecified atom stereocenters. The SMILES string of the molecule is CC1CCC(C)N(c2cccc(C(N)=NO)n2)C1. The number of anilines is 1. The van der Waals surface area contributed by atoms with E-state index >= 15 is 0 Å². The summed E-state index contributed by atoms with van der Waals surface area (Å²) in [4.78, 5) is 6.76. The second-order valence-corrected chi connectivity index (χ2v) is 5.05. The van der Waals surface area contributed by atoms with Crippen LogP contribution in [0.15, 0.2) is 23.4 Å². The molecule has 1 saturated heterocycles. The summed E-state index contributed by atoms with van der Waals surface area (Å²) in [6.07, 6.45) is 2.44. The Morgan fingerprint density at radius 1 is 1.44 bits per heavy atom. The van der Waals surface area contributed by atoms with Crippen LogP contribution in [0.3, 0.4) is 0 Å². The van der Waals surface area contributed by atoms with Crippen LogP contribution < -0.4 is 10.6 Å². The van der Waals surface area contributed by atoms with Crippen LogP contribution in [0.25, 0.3) is 0 Å². The lowest BCUT2D eigenvalue weighted by Crippen LogP contribution is -2.41. The molecule has 5 heteroatoms. The average Bonchev–Trinajstić information content (AvgIpc) is 2.40. The number of hydrogen-bond donors (Lipinski definition) is 2. The van der Waals surface area contributed by atoms with Gasteiger partial charge in [0.15, 0.2) is 5.84 Å².